The van der Waals surface area contributed by atoms with Gasteiger partial charge in [-0.2, -0.15) is 5.10 Å². The van der Waals surface area contributed by atoms with Crippen molar-refractivity contribution in [1.29, 1.82) is 0 Å². The summed E-state index contributed by atoms with van der Waals surface area (Å²) in [6.45, 7) is 3.99. The summed E-state index contributed by atoms with van der Waals surface area (Å²) in [5, 5.41) is 9.94. The third kappa shape index (κ3) is 2.29. The Morgan fingerprint density at radius 1 is 1.24 bits per heavy atom. The molecule has 0 spiro atoms. The van der Waals surface area contributed by atoms with Crippen LogP contribution in [-0.2, 0) is 7.05 Å². The van der Waals surface area contributed by atoms with Gasteiger partial charge >= 0.3 is 0 Å². The zero-order valence-corrected chi connectivity index (χ0v) is 12.1. The van der Waals surface area contributed by atoms with E-state index in [2.05, 4.69) is 15.7 Å². The first-order valence-corrected chi connectivity index (χ1v) is 6.72. The number of rotatable bonds is 3. The van der Waals surface area contributed by atoms with E-state index in [1.165, 1.54) is 0 Å². The van der Waals surface area contributed by atoms with Crippen LogP contribution >= 0.6 is 0 Å². The molecule has 2 amide bonds. The molecular weight excluding hydrogens is 268 g/mol. The largest absolute Gasteiger partial charge is 0.378 e. The van der Waals surface area contributed by atoms with Gasteiger partial charge in [0.25, 0.3) is 11.8 Å². The van der Waals surface area contributed by atoms with Gasteiger partial charge < -0.3 is 5.32 Å². The number of benzene rings is 1. The number of fused-ring (bicyclic) bond motifs is 1. The number of aromatic nitrogens is 2. The molecule has 2 heterocycles. The van der Waals surface area contributed by atoms with Crippen molar-refractivity contribution in [2.45, 2.75) is 19.9 Å². The third-order valence-corrected chi connectivity index (χ3v) is 3.64. The normalized spacial score (nSPS) is 14.8. The molecule has 6 nitrogen and oxygen atoms in total. The SMILES string of the molecule is Cc1nn(C)cc1C(C)Nc1ccc2c(c1)C(=O)NC2=O. The van der Waals surface area contributed by atoms with E-state index in [1.807, 2.05) is 27.1 Å². The van der Waals surface area contributed by atoms with Crippen LogP contribution < -0.4 is 10.6 Å². The molecule has 3 rings (SSSR count). The lowest BCUT2D eigenvalue weighted by atomic mass is 10.1. The van der Waals surface area contributed by atoms with Crippen LogP contribution in [0.1, 0.15) is 44.9 Å². The second kappa shape index (κ2) is 4.73. The Kier molecular flexibility index (Phi) is 3.01. The van der Waals surface area contributed by atoms with Crippen molar-refractivity contribution in [3.63, 3.8) is 0 Å². The molecule has 0 radical (unpaired) electrons. The van der Waals surface area contributed by atoms with Gasteiger partial charge in [0.1, 0.15) is 0 Å². The molecule has 0 fully saturated rings. The quantitative estimate of drug-likeness (QED) is 0.842. The molecule has 1 aromatic heterocycles. The summed E-state index contributed by atoms with van der Waals surface area (Å²) in [5.74, 6) is -0.679. The number of imide groups is 1. The molecule has 0 bridgehead atoms. The van der Waals surface area contributed by atoms with E-state index in [4.69, 9.17) is 0 Å². The van der Waals surface area contributed by atoms with Crippen molar-refractivity contribution in [1.82, 2.24) is 15.1 Å². The maximum Gasteiger partial charge on any atom is 0.259 e. The number of nitrogens with one attached hydrogen (secondary N) is 2. The highest BCUT2D eigenvalue weighted by molar-refractivity contribution is 6.21. The molecule has 2 N–H and O–H groups in total. The van der Waals surface area contributed by atoms with E-state index in [1.54, 1.807) is 22.9 Å². The molecule has 108 valence electrons. The number of hydrogen-bond acceptors (Lipinski definition) is 4. The van der Waals surface area contributed by atoms with Gasteiger partial charge in [0.2, 0.25) is 0 Å². The molecule has 21 heavy (non-hydrogen) atoms. The Hall–Kier alpha value is -2.63. The number of aryl methyl sites for hydroxylation is 2. The molecule has 1 aliphatic heterocycles. The molecular formula is C15H16N4O2. The Labute approximate surface area is 122 Å². The van der Waals surface area contributed by atoms with Gasteiger partial charge in [-0.3, -0.25) is 19.6 Å². The topological polar surface area (TPSA) is 76.0 Å². The minimum atomic E-state index is -0.344. The first-order valence-electron chi connectivity index (χ1n) is 6.72. The summed E-state index contributed by atoms with van der Waals surface area (Å²) >= 11 is 0. The average molecular weight is 284 g/mol. The highest BCUT2D eigenvalue weighted by Crippen LogP contribution is 2.25. The molecule has 0 aliphatic carbocycles. The summed E-state index contributed by atoms with van der Waals surface area (Å²) in [6.07, 6.45) is 1.97. The summed E-state index contributed by atoms with van der Waals surface area (Å²) in [4.78, 5) is 23.2. The van der Waals surface area contributed by atoms with Gasteiger partial charge in [0.05, 0.1) is 22.9 Å². The van der Waals surface area contributed by atoms with E-state index >= 15 is 0 Å². The zero-order chi connectivity index (χ0) is 15.1. The van der Waals surface area contributed by atoms with Gasteiger partial charge in [0, 0.05) is 24.5 Å². The van der Waals surface area contributed by atoms with E-state index in [0.717, 1.165) is 16.9 Å². The van der Waals surface area contributed by atoms with Crippen LogP contribution in [-0.4, -0.2) is 21.6 Å². The lowest BCUT2D eigenvalue weighted by Gasteiger charge is -2.15. The molecule has 2 aromatic rings. The summed E-state index contributed by atoms with van der Waals surface area (Å²) < 4.78 is 1.78. The Morgan fingerprint density at radius 3 is 2.62 bits per heavy atom. The predicted molar refractivity (Wildman–Crippen MR) is 78.2 cm³/mol. The zero-order valence-electron chi connectivity index (χ0n) is 12.1. The van der Waals surface area contributed by atoms with Crippen molar-refractivity contribution < 1.29 is 9.59 Å². The molecule has 1 aromatic carbocycles. The fraction of sp³-hybridized carbons (Fsp3) is 0.267. The molecule has 0 saturated carbocycles. The van der Waals surface area contributed by atoms with Gasteiger partial charge in [0.15, 0.2) is 0 Å². The lowest BCUT2D eigenvalue weighted by Crippen LogP contribution is -2.19. The van der Waals surface area contributed by atoms with Crippen LogP contribution in [0.15, 0.2) is 24.4 Å². The third-order valence-electron chi connectivity index (χ3n) is 3.64. The van der Waals surface area contributed by atoms with Crippen LogP contribution in [0.3, 0.4) is 0 Å². The lowest BCUT2D eigenvalue weighted by molar-refractivity contribution is 0.0879. The number of hydrogen-bond donors (Lipinski definition) is 2. The van der Waals surface area contributed by atoms with Gasteiger partial charge in [-0.15, -0.1) is 0 Å². The highest BCUT2D eigenvalue weighted by atomic mass is 16.2. The predicted octanol–water partition coefficient (Wildman–Crippen LogP) is 1.79. The molecule has 6 heteroatoms. The first kappa shape index (κ1) is 13.4. The molecule has 1 unspecified atom stereocenters. The van der Waals surface area contributed by atoms with Crippen molar-refractivity contribution in [3.8, 4) is 0 Å². The average Bonchev–Trinajstić information content (AvgIpc) is 2.90. The smallest absolute Gasteiger partial charge is 0.259 e. The monoisotopic (exact) mass is 284 g/mol. The Bertz CT molecular complexity index is 748. The van der Waals surface area contributed by atoms with E-state index < -0.39 is 0 Å². The highest BCUT2D eigenvalue weighted by Gasteiger charge is 2.26. The van der Waals surface area contributed by atoms with Crippen LogP contribution in [0.4, 0.5) is 5.69 Å². The van der Waals surface area contributed by atoms with Gasteiger partial charge in [-0.1, -0.05) is 0 Å². The van der Waals surface area contributed by atoms with Crippen LogP contribution in [0, 0.1) is 6.92 Å². The van der Waals surface area contributed by atoms with Crippen molar-refractivity contribution in [2.24, 2.45) is 7.05 Å². The Balaban J connectivity index is 1.86. The summed E-state index contributed by atoms with van der Waals surface area (Å²) in [6, 6.07) is 5.23. The van der Waals surface area contributed by atoms with Crippen molar-refractivity contribution in [3.05, 3.63) is 46.8 Å². The standard InChI is InChI=1S/C15H16N4O2/c1-8(13-7-19(3)18-9(13)2)16-10-4-5-11-12(6-10)15(21)17-14(11)20/h4-8,16H,1-3H3,(H,17,20,21). The maximum atomic E-state index is 11.7. The fourth-order valence-corrected chi connectivity index (χ4v) is 2.63. The summed E-state index contributed by atoms with van der Waals surface area (Å²) in [5.41, 5.74) is 3.70. The maximum absolute atomic E-state index is 11.7. The van der Waals surface area contributed by atoms with Gasteiger partial charge in [-0.25, -0.2) is 0 Å². The van der Waals surface area contributed by atoms with Crippen molar-refractivity contribution >= 4 is 17.5 Å². The number of amides is 2. The van der Waals surface area contributed by atoms with Crippen LogP contribution in [0.2, 0.25) is 0 Å². The molecule has 1 atom stereocenters. The van der Waals surface area contributed by atoms with Crippen molar-refractivity contribution in [2.75, 3.05) is 5.32 Å². The molecule has 0 saturated heterocycles. The number of anilines is 1. The minimum absolute atomic E-state index is 0.0527. The first-order chi connectivity index (χ1) is 9.95. The van der Waals surface area contributed by atoms with Crippen LogP contribution in [0.5, 0.6) is 0 Å². The number of nitrogens with zero attached hydrogens (tertiary/aromatic N) is 2. The molecule has 1 aliphatic rings. The summed E-state index contributed by atoms with van der Waals surface area (Å²) in [7, 11) is 1.88. The Morgan fingerprint density at radius 2 is 1.95 bits per heavy atom. The van der Waals surface area contributed by atoms with E-state index in [0.29, 0.717) is 11.1 Å². The van der Waals surface area contributed by atoms with Crippen LogP contribution in [0.25, 0.3) is 0 Å². The minimum Gasteiger partial charge on any atom is -0.378 e. The number of carbonyl (C=O) groups is 2. The number of carbonyl (C=O) groups excluding carboxylic acids is 2. The second-order valence-corrected chi connectivity index (χ2v) is 5.25. The second-order valence-electron chi connectivity index (χ2n) is 5.25. The van der Waals surface area contributed by atoms with E-state index in [-0.39, 0.29) is 17.9 Å². The van der Waals surface area contributed by atoms with E-state index in [9.17, 15) is 9.59 Å². The fourth-order valence-electron chi connectivity index (χ4n) is 2.63. The van der Waals surface area contributed by atoms with Gasteiger partial charge in [-0.05, 0) is 32.0 Å².